The van der Waals surface area contributed by atoms with E-state index in [1.165, 1.54) is 76.3 Å². The summed E-state index contributed by atoms with van der Waals surface area (Å²) in [5.74, 6) is 0. The standard InChI is InChI=1S/C30H33P/c1-3-5-10-24-16-20-27(21-17-24)31(28-22-18-25(19-23-28)11-6-4-2)30-15-9-13-26-12-7-8-14-29(26)30/h7-9,12-23H,3-6,10-11H2,1-2H3. The maximum absolute atomic E-state index is 2.38. The van der Waals surface area contributed by atoms with E-state index in [0.717, 1.165) is 0 Å². The highest BCUT2D eigenvalue weighted by Crippen LogP contribution is 2.36. The molecule has 0 unspecified atom stereocenters. The first-order valence-electron chi connectivity index (χ1n) is 11.8. The minimum absolute atomic E-state index is 0.596. The van der Waals surface area contributed by atoms with Gasteiger partial charge in [0.2, 0.25) is 0 Å². The smallest absolute Gasteiger partial charge is 0.00726 e. The van der Waals surface area contributed by atoms with E-state index in [0.29, 0.717) is 0 Å². The van der Waals surface area contributed by atoms with E-state index in [-0.39, 0.29) is 0 Å². The molecule has 4 aromatic rings. The molecule has 0 nitrogen and oxygen atoms in total. The van der Waals surface area contributed by atoms with E-state index in [9.17, 15) is 0 Å². The number of fused-ring (bicyclic) bond motifs is 1. The molecule has 0 aliphatic rings. The quantitative estimate of drug-likeness (QED) is 0.248. The summed E-state index contributed by atoms with van der Waals surface area (Å²) in [6, 6.07) is 34.5. The number of hydrogen-bond acceptors (Lipinski definition) is 0. The molecule has 31 heavy (non-hydrogen) atoms. The van der Waals surface area contributed by atoms with E-state index < -0.39 is 7.92 Å². The first-order valence-corrected chi connectivity index (χ1v) is 13.1. The lowest BCUT2D eigenvalue weighted by Crippen LogP contribution is -2.21. The molecule has 0 fully saturated rings. The summed E-state index contributed by atoms with van der Waals surface area (Å²) in [5, 5.41) is 7.03. The van der Waals surface area contributed by atoms with Gasteiger partial charge >= 0.3 is 0 Å². The molecule has 0 atom stereocenters. The van der Waals surface area contributed by atoms with Crippen LogP contribution in [0.2, 0.25) is 0 Å². The van der Waals surface area contributed by atoms with Gasteiger partial charge in [-0.15, -0.1) is 0 Å². The maximum atomic E-state index is 2.38. The molecule has 4 rings (SSSR count). The Kier molecular flexibility index (Phi) is 7.55. The summed E-state index contributed by atoms with van der Waals surface area (Å²) >= 11 is 0. The van der Waals surface area contributed by atoms with Crippen molar-refractivity contribution in [3.63, 3.8) is 0 Å². The minimum Gasteiger partial charge on any atom is -0.0654 e. The van der Waals surface area contributed by atoms with Crippen LogP contribution in [0, 0.1) is 0 Å². The van der Waals surface area contributed by atoms with Crippen LogP contribution in [-0.4, -0.2) is 0 Å². The van der Waals surface area contributed by atoms with Crippen LogP contribution in [0.25, 0.3) is 10.8 Å². The molecule has 0 spiro atoms. The van der Waals surface area contributed by atoms with Crippen LogP contribution in [0.5, 0.6) is 0 Å². The minimum atomic E-state index is -0.596. The molecule has 0 heterocycles. The van der Waals surface area contributed by atoms with Crippen molar-refractivity contribution >= 4 is 34.6 Å². The Morgan fingerprint density at radius 2 is 1.06 bits per heavy atom. The Bertz CT molecular complexity index is 1040. The summed E-state index contributed by atoms with van der Waals surface area (Å²) in [5.41, 5.74) is 2.90. The Morgan fingerprint density at radius 1 is 0.548 bits per heavy atom. The van der Waals surface area contributed by atoms with Crippen LogP contribution in [-0.2, 0) is 12.8 Å². The maximum Gasteiger partial charge on any atom is -0.00726 e. The number of aryl methyl sites for hydroxylation is 2. The molecule has 1 heteroatoms. The number of benzene rings is 4. The van der Waals surface area contributed by atoms with Crippen molar-refractivity contribution in [2.75, 3.05) is 0 Å². The van der Waals surface area contributed by atoms with Gasteiger partial charge < -0.3 is 0 Å². The second-order valence-corrected chi connectivity index (χ2v) is 10.6. The lowest BCUT2D eigenvalue weighted by Gasteiger charge is -2.22. The van der Waals surface area contributed by atoms with Crippen LogP contribution in [0.15, 0.2) is 91.0 Å². The van der Waals surface area contributed by atoms with Crippen molar-refractivity contribution in [3.8, 4) is 0 Å². The molecular formula is C30H33P. The SMILES string of the molecule is CCCCc1ccc(P(c2ccc(CCCC)cc2)c2cccc3ccccc23)cc1. The Labute approximate surface area is 189 Å². The summed E-state index contributed by atoms with van der Waals surface area (Å²) in [6.07, 6.45) is 7.36. The Hall–Kier alpha value is -2.43. The molecule has 0 aromatic heterocycles. The van der Waals surface area contributed by atoms with Gasteiger partial charge in [-0.1, -0.05) is 118 Å². The van der Waals surface area contributed by atoms with Crippen LogP contribution in [0.3, 0.4) is 0 Å². The van der Waals surface area contributed by atoms with Gasteiger partial charge in [0.15, 0.2) is 0 Å². The van der Waals surface area contributed by atoms with Crippen molar-refractivity contribution in [3.05, 3.63) is 102 Å². The molecule has 0 aliphatic heterocycles. The van der Waals surface area contributed by atoms with Crippen molar-refractivity contribution in [2.24, 2.45) is 0 Å². The second-order valence-electron chi connectivity index (χ2n) is 8.37. The predicted octanol–water partition coefficient (Wildman–Crippen LogP) is 7.28. The molecular weight excluding hydrogens is 391 g/mol. The fourth-order valence-electron chi connectivity index (χ4n) is 4.22. The summed E-state index contributed by atoms with van der Waals surface area (Å²) < 4.78 is 0. The van der Waals surface area contributed by atoms with Crippen LogP contribution < -0.4 is 15.9 Å². The van der Waals surface area contributed by atoms with Gasteiger partial charge in [-0.3, -0.25) is 0 Å². The average Bonchev–Trinajstić information content (AvgIpc) is 2.83. The van der Waals surface area contributed by atoms with Crippen LogP contribution >= 0.6 is 7.92 Å². The summed E-state index contributed by atoms with van der Waals surface area (Å²) in [4.78, 5) is 0. The van der Waals surface area contributed by atoms with E-state index in [4.69, 9.17) is 0 Å². The summed E-state index contributed by atoms with van der Waals surface area (Å²) in [6.45, 7) is 4.52. The Balaban J connectivity index is 1.77. The van der Waals surface area contributed by atoms with Gasteiger partial charge in [-0.25, -0.2) is 0 Å². The van der Waals surface area contributed by atoms with Gasteiger partial charge in [0.05, 0.1) is 0 Å². The van der Waals surface area contributed by atoms with E-state index in [1.807, 2.05) is 0 Å². The van der Waals surface area contributed by atoms with Crippen LogP contribution in [0.1, 0.15) is 50.7 Å². The van der Waals surface area contributed by atoms with Crippen molar-refractivity contribution in [2.45, 2.75) is 52.4 Å². The number of unbranched alkanes of at least 4 members (excludes halogenated alkanes) is 2. The largest absolute Gasteiger partial charge is 0.0654 e. The van der Waals surface area contributed by atoms with Crippen LogP contribution in [0.4, 0.5) is 0 Å². The molecule has 0 saturated heterocycles. The molecule has 0 amide bonds. The molecule has 0 radical (unpaired) electrons. The normalized spacial score (nSPS) is 11.3. The zero-order valence-corrected chi connectivity index (χ0v) is 19.7. The fraction of sp³-hybridized carbons (Fsp3) is 0.267. The predicted molar refractivity (Wildman–Crippen MR) is 140 cm³/mol. The lowest BCUT2D eigenvalue weighted by atomic mass is 10.1. The van der Waals surface area contributed by atoms with Gasteiger partial charge in [-0.2, -0.15) is 0 Å². The third kappa shape index (κ3) is 5.25. The fourth-order valence-corrected chi connectivity index (χ4v) is 6.64. The molecule has 0 bridgehead atoms. The zero-order chi connectivity index (χ0) is 21.5. The molecule has 158 valence electrons. The van der Waals surface area contributed by atoms with E-state index in [1.54, 1.807) is 0 Å². The first kappa shape index (κ1) is 21.8. The van der Waals surface area contributed by atoms with E-state index >= 15 is 0 Å². The van der Waals surface area contributed by atoms with Gasteiger partial charge in [0, 0.05) is 0 Å². The van der Waals surface area contributed by atoms with Gasteiger partial charge in [-0.05, 0) is 71.4 Å². The third-order valence-electron chi connectivity index (χ3n) is 6.03. The molecule has 4 aromatic carbocycles. The number of rotatable bonds is 9. The average molecular weight is 425 g/mol. The third-order valence-corrected chi connectivity index (χ3v) is 8.54. The number of hydrogen-bond donors (Lipinski definition) is 0. The molecule has 0 N–H and O–H groups in total. The van der Waals surface area contributed by atoms with Crippen molar-refractivity contribution < 1.29 is 0 Å². The van der Waals surface area contributed by atoms with Crippen molar-refractivity contribution in [1.82, 2.24) is 0 Å². The topological polar surface area (TPSA) is 0 Å². The lowest BCUT2D eigenvalue weighted by molar-refractivity contribution is 0.795. The highest BCUT2D eigenvalue weighted by atomic mass is 31.1. The molecule has 0 saturated carbocycles. The van der Waals surface area contributed by atoms with Gasteiger partial charge in [0.1, 0.15) is 0 Å². The van der Waals surface area contributed by atoms with Gasteiger partial charge in [0.25, 0.3) is 0 Å². The zero-order valence-electron chi connectivity index (χ0n) is 18.9. The first-order chi connectivity index (χ1) is 15.3. The second kappa shape index (κ2) is 10.7. The van der Waals surface area contributed by atoms with E-state index in [2.05, 4.69) is 105 Å². The summed E-state index contributed by atoms with van der Waals surface area (Å²) in [7, 11) is -0.596. The highest BCUT2D eigenvalue weighted by Gasteiger charge is 2.19. The molecule has 0 aliphatic carbocycles. The highest BCUT2D eigenvalue weighted by molar-refractivity contribution is 7.80. The van der Waals surface area contributed by atoms with Crippen molar-refractivity contribution in [1.29, 1.82) is 0 Å². The Morgan fingerprint density at radius 3 is 1.61 bits per heavy atom. The monoisotopic (exact) mass is 424 g/mol.